The maximum Gasteiger partial charge on any atom is 0.390 e. The first-order valence-corrected chi connectivity index (χ1v) is 4.57. The maximum atomic E-state index is 11.7. The number of rotatable bonds is 3. The van der Waals surface area contributed by atoms with Crippen LogP contribution in [0, 0.1) is 11.8 Å². The first-order chi connectivity index (χ1) is 7.08. The number of H-pyrrole nitrogens is 1. The van der Waals surface area contributed by atoms with Crippen LogP contribution >= 0.6 is 0 Å². The van der Waals surface area contributed by atoms with E-state index in [0.717, 1.165) is 5.69 Å². The number of aromatic amines is 1. The molecule has 0 saturated heterocycles. The van der Waals surface area contributed by atoms with Crippen LogP contribution in [-0.2, 0) is 6.42 Å². The van der Waals surface area contributed by atoms with Gasteiger partial charge in [-0.1, -0.05) is 0 Å². The summed E-state index contributed by atoms with van der Waals surface area (Å²) < 4.78 is 35.1. The highest BCUT2D eigenvalue weighted by atomic mass is 19.4. The molecule has 1 aromatic heterocycles. The third kappa shape index (κ3) is 5.78. The van der Waals surface area contributed by atoms with Gasteiger partial charge in [0.25, 0.3) is 0 Å². The Bertz CT molecular complexity index is 330. The van der Waals surface area contributed by atoms with Gasteiger partial charge in [0.05, 0.1) is 12.7 Å². The number of halogens is 3. The van der Waals surface area contributed by atoms with Crippen molar-refractivity contribution in [1.82, 2.24) is 9.97 Å². The van der Waals surface area contributed by atoms with Crippen LogP contribution in [0.3, 0.4) is 0 Å². The van der Waals surface area contributed by atoms with Crippen LogP contribution in [0.25, 0.3) is 0 Å². The van der Waals surface area contributed by atoms with Crippen molar-refractivity contribution in [3.05, 3.63) is 18.2 Å². The molecule has 5 heteroatoms. The molecule has 0 aliphatic carbocycles. The molecule has 1 heterocycles. The Balaban J connectivity index is 2.13. The predicted molar refractivity (Wildman–Crippen MR) is 50.0 cm³/mol. The Morgan fingerprint density at radius 1 is 1.27 bits per heavy atom. The molecule has 2 nitrogen and oxygen atoms in total. The van der Waals surface area contributed by atoms with Crippen LogP contribution in [0.1, 0.15) is 25.0 Å². The average molecular weight is 216 g/mol. The molecule has 0 aliphatic rings. The highest BCUT2D eigenvalue weighted by Crippen LogP contribution is 2.20. The molecule has 0 spiro atoms. The fraction of sp³-hybridized carbons (Fsp3) is 0.500. The lowest BCUT2D eigenvalue weighted by atomic mass is 10.2. The quantitative estimate of drug-likeness (QED) is 0.773. The normalized spacial score (nSPS) is 10.9. The summed E-state index contributed by atoms with van der Waals surface area (Å²) in [5, 5.41) is 0. The van der Waals surface area contributed by atoms with Gasteiger partial charge >= 0.3 is 6.18 Å². The second-order valence-electron chi connectivity index (χ2n) is 3.05. The van der Waals surface area contributed by atoms with Gasteiger partial charge in [-0.05, 0) is 6.42 Å². The van der Waals surface area contributed by atoms with E-state index in [9.17, 15) is 13.2 Å². The second-order valence-corrected chi connectivity index (χ2v) is 3.05. The first-order valence-electron chi connectivity index (χ1n) is 4.57. The summed E-state index contributed by atoms with van der Waals surface area (Å²) in [5.74, 6) is 5.20. The minimum absolute atomic E-state index is 0.119. The highest BCUT2D eigenvalue weighted by molar-refractivity contribution is 5.03. The van der Waals surface area contributed by atoms with Crippen LogP contribution in [0.2, 0.25) is 0 Å². The standard InChI is InChI=1S/C10H11F3N2/c11-10(12,13)6-4-2-1-3-5-9-7-14-8-15-9/h7-8H,3-6H2,(H,14,15). The van der Waals surface area contributed by atoms with Crippen molar-refractivity contribution in [3.63, 3.8) is 0 Å². The third-order valence-corrected chi connectivity index (χ3v) is 1.73. The zero-order valence-electron chi connectivity index (χ0n) is 8.06. The van der Waals surface area contributed by atoms with E-state index in [1.54, 1.807) is 12.5 Å². The fourth-order valence-electron chi connectivity index (χ4n) is 1.000. The number of hydrogen-bond acceptors (Lipinski definition) is 1. The zero-order valence-corrected chi connectivity index (χ0v) is 8.06. The van der Waals surface area contributed by atoms with Crippen molar-refractivity contribution in [1.29, 1.82) is 0 Å². The van der Waals surface area contributed by atoms with Crippen LogP contribution in [0.15, 0.2) is 12.5 Å². The lowest BCUT2D eigenvalue weighted by Gasteiger charge is -2.00. The van der Waals surface area contributed by atoms with E-state index in [-0.39, 0.29) is 6.42 Å². The van der Waals surface area contributed by atoms with Crippen LogP contribution in [-0.4, -0.2) is 16.1 Å². The summed E-state index contributed by atoms with van der Waals surface area (Å²) in [6, 6.07) is 0. The van der Waals surface area contributed by atoms with E-state index < -0.39 is 12.6 Å². The lowest BCUT2D eigenvalue weighted by molar-refractivity contribution is -0.133. The molecule has 1 N–H and O–H groups in total. The molecule has 0 amide bonds. The molecule has 15 heavy (non-hydrogen) atoms. The molecule has 0 fully saturated rings. The summed E-state index contributed by atoms with van der Waals surface area (Å²) in [4.78, 5) is 6.71. The topological polar surface area (TPSA) is 28.7 Å². The number of aromatic nitrogens is 2. The van der Waals surface area contributed by atoms with E-state index in [4.69, 9.17) is 0 Å². The smallest absolute Gasteiger partial charge is 0.348 e. The molecule has 1 aromatic rings. The Hall–Kier alpha value is -1.44. The second kappa shape index (κ2) is 5.44. The van der Waals surface area contributed by atoms with Gasteiger partial charge in [-0.2, -0.15) is 13.2 Å². The fourth-order valence-corrected chi connectivity index (χ4v) is 1.000. The number of imidazole rings is 1. The summed E-state index contributed by atoms with van der Waals surface area (Å²) >= 11 is 0. The molecule has 0 atom stereocenters. The Morgan fingerprint density at radius 2 is 2.00 bits per heavy atom. The van der Waals surface area contributed by atoms with Gasteiger partial charge in [-0.3, -0.25) is 0 Å². The molecule has 82 valence electrons. The van der Waals surface area contributed by atoms with Gasteiger partial charge in [0.15, 0.2) is 0 Å². The van der Waals surface area contributed by atoms with E-state index in [2.05, 4.69) is 21.8 Å². The summed E-state index contributed by atoms with van der Waals surface area (Å²) in [6.07, 6.45) is -0.558. The number of hydrogen-bond donors (Lipinski definition) is 1. The van der Waals surface area contributed by atoms with Gasteiger partial charge in [0.2, 0.25) is 0 Å². The molecule has 0 aliphatic heterocycles. The summed E-state index contributed by atoms with van der Waals surface area (Å²) in [6.45, 7) is 0. The Labute approximate surface area is 85.9 Å². The minimum atomic E-state index is -4.10. The van der Waals surface area contributed by atoms with Gasteiger partial charge < -0.3 is 4.98 Å². The van der Waals surface area contributed by atoms with Crippen LogP contribution in [0.4, 0.5) is 13.2 Å². The lowest BCUT2D eigenvalue weighted by Crippen LogP contribution is -2.05. The van der Waals surface area contributed by atoms with Crippen molar-refractivity contribution >= 4 is 0 Å². The molecule has 0 bridgehead atoms. The van der Waals surface area contributed by atoms with Crippen molar-refractivity contribution in [2.24, 2.45) is 0 Å². The van der Waals surface area contributed by atoms with E-state index in [0.29, 0.717) is 12.8 Å². The SMILES string of the molecule is FC(F)(F)CCC#CCCc1cnc[nH]1. The van der Waals surface area contributed by atoms with E-state index >= 15 is 0 Å². The van der Waals surface area contributed by atoms with Gasteiger partial charge in [-0.25, -0.2) is 4.98 Å². The Kier molecular flexibility index (Phi) is 4.22. The summed E-state index contributed by atoms with van der Waals surface area (Å²) in [7, 11) is 0. The van der Waals surface area contributed by atoms with Gasteiger partial charge in [0, 0.05) is 24.7 Å². The van der Waals surface area contributed by atoms with Crippen LogP contribution in [0.5, 0.6) is 0 Å². The molecule has 0 aromatic carbocycles. The zero-order chi connectivity index (χ0) is 11.1. The van der Waals surface area contributed by atoms with Crippen molar-refractivity contribution in [3.8, 4) is 11.8 Å². The first kappa shape index (κ1) is 11.6. The number of nitrogens with zero attached hydrogens (tertiary/aromatic N) is 1. The number of alkyl halides is 3. The molecule has 0 unspecified atom stereocenters. The van der Waals surface area contributed by atoms with Crippen molar-refractivity contribution < 1.29 is 13.2 Å². The minimum Gasteiger partial charge on any atom is -0.348 e. The van der Waals surface area contributed by atoms with Crippen LogP contribution < -0.4 is 0 Å². The Morgan fingerprint density at radius 3 is 2.60 bits per heavy atom. The predicted octanol–water partition coefficient (Wildman–Crippen LogP) is 2.69. The highest BCUT2D eigenvalue weighted by Gasteiger charge is 2.25. The number of aryl methyl sites for hydroxylation is 1. The number of nitrogens with one attached hydrogen (secondary N) is 1. The average Bonchev–Trinajstić information content (AvgIpc) is 2.61. The van der Waals surface area contributed by atoms with Gasteiger partial charge in [-0.15, -0.1) is 11.8 Å². The van der Waals surface area contributed by atoms with E-state index in [1.165, 1.54) is 0 Å². The molecule has 0 radical (unpaired) electrons. The monoisotopic (exact) mass is 216 g/mol. The molecular formula is C10H11F3N2. The summed E-state index contributed by atoms with van der Waals surface area (Å²) in [5.41, 5.74) is 0.945. The van der Waals surface area contributed by atoms with Gasteiger partial charge in [0.1, 0.15) is 0 Å². The van der Waals surface area contributed by atoms with E-state index in [1.807, 2.05) is 0 Å². The maximum absolute atomic E-state index is 11.7. The molecule has 0 saturated carbocycles. The third-order valence-electron chi connectivity index (χ3n) is 1.73. The molecule has 1 rings (SSSR count). The van der Waals surface area contributed by atoms with Crippen molar-refractivity contribution in [2.75, 3.05) is 0 Å². The molecular weight excluding hydrogens is 205 g/mol. The largest absolute Gasteiger partial charge is 0.390 e. The van der Waals surface area contributed by atoms with Crippen molar-refractivity contribution in [2.45, 2.75) is 31.9 Å².